The molecule has 1 aromatic carbocycles. The summed E-state index contributed by atoms with van der Waals surface area (Å²) in [4.78, 5) is 22.5. The van der Waals surface area contributed by atoms with Crippen LogP contribution in [0.4, 0.5) is 5.69 Å². The number of rotatable bonds is 8. The molecular weight excluding hydrogens is 464 g/mol. The van der Waals surface area contributed by atoms with E-state index in [1.807, 2.05) is 55.6 Å². The van der Waals surface area contributed by atoms with E-state index in [0.29, 0.717) is 0 Å². The van der Waals surface area contributed by atoms with Crippen molar-refractivity contribution in [3.8, 4) is 33.5 Å². The fraction of sp³-hybridized carbons (Fsp3) is 0.214. The van der Waals surface area contributed by atoms with Gasteiger partial charge < -0.3 is 15.2 Å². The standard InChI is InChI=1S/C28H30N8O/c1-6-25(37)32-24-12-19(8-7-18(24)2)26-23-11-20(21-14-31-36(17-21)10-9-34(3)4)13-29-28(23)33-27(26)22-15-30-35(5)16-22/h6-8,11-17H,1,9-10H2,2-5H3,(H,29,33)(H,32,37). The second-order valence-electron chi connectivity index (χ2n) is 9.42. The first-order valence-electron chi connectivity index (χ1n) is 12.0. The van der Waals surface area contributed by atoms with Gasteiger partial charge in [0.2, 0.25) is 5.91 Å². The summed E-state index contributed by atoms with van der Waals surface area (Å²) in [5, 5.41) is 12.8. The highest BCUT2D eigenvalue weighted by molar-refractivity contribution is 6.05. The van der Waals surface area contributed by atoms with Crippen LogP contribution in [0.3, 0.4) is 0 Å². The van der Waals surface area contributed by atoms with Gasteiger partial charge in [0, 0.05) is 65.5 Å². The molecule has 0 radical (unpaired) electrons. The quantitative estimate of drug-likeness (QED) is 0.310. The van der Waals surface area contributed by atoms with E-state index < -0.39 is 0 Å². The van der Waals surface area contributed by atoms with Gasteiger partial charge in [0.25, 0.3) is 0 Å². The van der Waals surface area contributed by atoms with Gasteiger partial charge in [-0.05, 0) is 50.4 Å². The molecule has 0 aliphatic carbocycles. The van der Waals surface area contributed by atoms with Crippen LogP contribution in [-0.4, -0.2) is 61.0 Å². The molecular formula is C28H30N8O. The average molecular weight is 495 g/mol. The van der Waals surface area contributed by atoms with Crippen LogP contribution in [0, 0.1) is 6.92 Å². The summed E-state index contributed by atoms with van der Waals surface area (Å²) < 4.78 is 3.73. The number of aryl methyl sites for hydroxylation is 2. The topological polar surface area (TPSA) is 96.7 Å². The lowest BCUT2D eigenvalue weighted by molar-refractivity contribution is -0.111. The largest absolute Gasteiger partial charge is 0.339 e. The zero-order valence-corrected chi connectivity index (χ0v) is 21.5. The monoisotopic (exact) mass is 494 g/mol. The minimum atomic E-state index is -0.248. The van der Waals surface area contributed by atoms with Crippen molar-refractivity contribution in [2.24, 2.45) is 7.05 Å². The molecule has 37 heavy (non-hydrogen) atoms. The summed E-state index contributed by atoms with van der Waals surface area (Å²) >= 11 is 0. The van der Waals surface area contributed by atoms with E-state index in [1.165, 1.54) is 6.08 Å². The van der Waals surface area contributed by atoms with E-state index in [1.54, 1.807) is 4.68 Å². The van der Waals surface area contributed by atoms with Crippen molar-refractivity contribution < 1.29 is 4.79 Å². The summed E-state index contributed by atoms with van der Waals surface area (Å²) in [6.07, 6.45) is 10.9. The highest BCUT2D eigenvalue weighted by Crippen LogP contribution is 2.40. The molecule has 0 atom stereocenters. The minimum absolute atomic E-state index is 0.248. The fourth-order valence-electron chi connectivity index (χ4n) is 4.33. The van der Waals surface area contributed by atoms with Crippen LogP contribution in [0.5, 0.6) is 0 Å². The molecule has 0 saturated carbocycles. The van der Waals surface area contributed by atoms with Gasteiger partial charge >= 0.3 is 0 Å². The van der Waals surface area contributed by atoms with Gasteiger partial charge in [0.1, 0.15) is 5.65 Å². The van der Waals surface area contributed by atoms with Crippen LogP contribution < -0.4 is 5.32 Å². The Balaban J connectivity index is 1.65. The molecule has 2 N–H and O–H groups in total. The maximum Gasteiger partial charge on any atom is 0.247 e. The first-order valence-corrected chi connectivity index (χ1v) is 12.0. The smallest absolute Gasteiger partial charge is 0.247 e. The molecule has 0 unspecified atom stereocenters. The Morgan fingerprint density at radius 3 is 2.62 bits per heavy atom. The van der Waals surface area contributed by atoms with E-state index in [9.17, 15) is 4.79 Å². The van der Waals surface area contributed by atoms with Crippen molar-refractivity contribution in [2.75, 3.05) is 26.0 Å². The van der Waals surface area contributed by atoms with Crippen LogP contribution in [0.15, 0.2) is 67.9 Å². The Bertz CT molecular complexity index is 1600. The van der Waals surface area contributed by atoms with Crippen molar-refractivity contribution in [1.29, 1.82) is 0 Å². The Kier molecular flexibility index (Phi) is 6.45. The van der Waals surface area contributed by atoms with Gasteiger partial charge in [0.15, 0.2) is 0 Å². The van der Waals surface area contributed by atoms with E-state index in [-0.39, 0.29) is 5.91 Å². The molecule has 4 aromatic heterocycles. The first kappa shape index (κ1) is 24.2. The predicted molar refractivity (Wildman–Crippen MR) is 147 cm³/mol. The van der Waals surface area contributed by atoms with Crippen molar-refractivity contribution in [3.05, 3.63) is 73.5 Å². The zero-order chi connectivity index (χ0) is 26.1. The molecule has 5 rings (SSSR count). The number of hydrogen-bond donors (Lipinski definition) is 2. The number of aromatic nitrogens is 6. The van der Waals surface area contributed by atoms with Crippen LogP contribution in [0.1, 0.15) is 5.56 Å². The lowest BCUT2D eigenvalue weighted by Gasteiger charge is -2.11. The van der Waals surface area contributed by atoms with Crippen molar-refractivity contribution in [3.63, 3.8) is 0 Å². The predicted octanol–water partition coefficient (Wildman–Crippen LogP) is 4.49. The maximum absolute atomic E-state index is 12.1. The number of H-pyrrole nitrogens is 1. The van der Waals surface area contributed by atoms with Crippen LogP contribution in [0.25, 0.3) is 44.5 Å². The number of fused-ring (bicyclic) bond motifs is 1. The van der Waals surface area contributed by atoms with Crippen LogP contribution in [0.2, 0.25) is 0 Å². The molecule has 9 heteroatoms. The Hall–Kier alpha value is -4.50. The van der Waals surface area contributed by atoms with Gasteiger partial charge in [-0.2, -0.15) is 10.2 Å². The summed E-state index contributed by atoms with van der Waals surface area (Å²) in [5.41, 5.74) is 8.27. The lowest BCUT2D eigenvalue weighted by Crippen LogP contribution is -2.18. The van der Waals surface area contributed by atoms with Gasteiger partial charge in [-0.1, -0.05) is 18.7 Å². The number of nitrogens with one attached hydrogen (secondary N) is 2. The third-order valence-corrected chi connectivity index (χ3v) is 6.36. The Labute approximate surface area is 215 Å². The lowest BCUT2D eigenvalue weighted by atomic mass is 9.97. The van der Waals surface area contributed by atoms with Crippen molar-refractivity contribution >= 4 is 22.6 Å². The number of hydrogen-bond acceptors (Lipinski definition) is 5. The Morgan fingerprint density at radius 1 is 1.08 bits per heavy atom. The summed E-state index contributed by atoms with van der Waals surface area (Å²) in [6.45, 7) is 7.26. The molecule has 0 spiro atoms. The maximum atomic E-state index is 12.1. The molecule has 1 amide bonds. The number of nitrogens with zero attached hydrogens (tertiary/aromatic N) is 6. The SMILES string of the molecule is C=CC(=O)Nc1cc(-c2c(-c3cnn(C)c3)[nH]c3ncc(-c4cnn(CCN(C)C)c4)cc23)ccc1C. The van der Waals surface area contributed by atoms with Crippen LogP contribution in [-0.2, 0) is 18.4 Å². The highest BCUT2D eigenvalue weighted by Gasteiger charge is 2.19. The number of aromatic amines is 1. The normalized spacial score (nSPS) is 11.4. The number of benzene rings is 1. The highest BCUT2D eigenvalue weighted by atomic mass is 16.1. The number of likely N-dealkylation sites (N-methyl/N-ethyl adjacent to an activating group) is 1. The summed E-state index contributed by atoms with van der Waals surface area (Å²) in [7, 11) is 5.99. The van der Waals surface area contributed by atoms with Gasteiger partial charge in [0.05, 0.1) is 24.6 Å². The minimum Gasteiger partial charge on any atom is -0.339 e. The van der Waals surface area contributed by atoms with E-state index in [4.69, 9.17) is 4.98 Å². The number of carbonyl (C=O) groups is 1. The van der Waals surface area contributed by atoms with E-state index in [2.05, 4.69) is 64.4 Å². The van der Waals surface area contributed by atoms with Gasteiger partial charge in [-0.15, -0.1) is 0 Å². The molecule has 0 saturated heterocycles. The Morgan fingerprint density at radius 2 is 1.89 bits per heavy atom. The van der Waals surface area contributed by atoms with Crippen molar-refractivity contribution in [1.82, 2.24) is 34.4 Å². The van der Waals surface area contributed by atoms with Gasteiger partial charge in [-0.3, -0.25) is 14.2 Å². The second-order valence-corrected chi connectivity index (χ2v) is 9.42. The molecule has 0 bridgehead atoms. The number of amides is 1. The molecule has 0 fully saturated rings. The summed E-state index contributed by atoms with van der Waals surface area (Å²) in [5.74, 6) is -0.248. The van der Waals surface area contributed by atoms with E-state index >= 15 is 0 Å². The van der Waals surface area contributed by atoms with Crippen LogP contribution >= 0.6 is 0 Å². The molecule has 5 aromatic rings. The molecule has 0 aliphatic heterocycles. The third kappa shape index (κ3) is 4.94. The van der Waals surface area contributed by atoms with Gasteiger partial charge in [-0.25, -0.2) is 4.98 Å². The van der Waals surface area contributed by atoms with Crippen molar-refractivity contribution in [2.45, 2.75) is 13.5 Å². The third-order valence-electron chi connectivity index (χ3n) is 6.36. The number of anilines is 1. The van der Waals surface area contributed by atoms with E-state index in [0.717, 1.165) is 68.9 Å². The second kappa shape index (κ2) is 9.87. The molecule has 0 aliphatic rings. The first-order chi connectivity index (χ1) is 17.8. The average Bonchev–Trinajstić information content (AvgIpc) is 3.61. The zero-order valence-electron chi connectivity index (χ0n) is 21.5. The number of carbonyl (C=O) groups excluding carboxylic acids is 1. The number of pyridine rings is 1. The molecule has 188 valence electrons. The molecule has 4 heterocycles. The molecule has 9 nitrogen and oxygen atoms in total. The fourth-order valence-corrected chi connectivity index (χ4v) is 4.33. The summed E-state index contributed by atoms with van der Waals surface area (Å²) in [6, 6.07) is 8.20.